The van der Waals surface area contributed by atoms with Gasteiger partial charge in [0.25, 0.3) is 0 Å². The second-order valence-corrected chi connectivity index (χ2v) is 4.47. The molecule has 0 aliphatic carbocycles. The summed E-state index contributed by atoms with van der Waals surface area (Å²) in [5.41, 5.74) is 0. The molecular weight excluding hydrogens is 252 g/mol. The van der Waals surface area contributed by atoms with E-state index < -0.39 is 30.7 Å². The van der Waals surface area contributed by atoms with E-state index in [0.29, 0.717) is 11.5 Å². The van der Waals surface area contributed by atoms with Crippen LogP contribution in [0, 0.1) is 0 Å². The normalized spacial score (nSPS) is 34.9. The molecule has 1 aliphatic rings. The predicted molar refractivity (Wildman–Crippen MR) is 66.0 cm³/mol. The highest BCUT2D eigenvalue weighted by Crippen LogP contribution is 2.25. The zero-order valence-corrected chi connectivity index (χ0v) is 10.8. The van der Waals surface area contributed by atoms with E-state index in [0.717, 1.165) is 0 Å². The highest BCUT2D eigenvalue weighted by Gasteiger charge is 2.43. The molecule has 1 fully saturated rings. The van der Waals surface area contributed by atoms with Crippen molar-refractivity contribution in [3.05, 3.63) is 24.3 Å². The number of hydrogen-bond acceptors (Lipinski definition) is 6. The first-order valence-electron chi connectivity index (χ1n) is 6.03. The smallest absolute Gasteiger partial charge is 0.229 e. The molecule has 6 nitrogen and oxygen atoms in total. The third-order valence-electron chi connectivity index (χ3n) is 3.12. The molecular formula is C13H18O6. The number of aliphatic hydroxyl groups excluding tert-OH is 3. The Hall–Kier alpha value is -1.34. The molecule has 0 unspecified atom stereocenters. The van der Waals surface area contributed by atoms with Crippen LogP contribution in [0.5, 0.6) is 11.5 Å². The Balaban J connectivity index is 2.05. The molecule has 1 aromatic rings. The number of aliphatic hydroxyl groups is 3. The third-order valence-corrected chi connectivity index (χ3v) is 3.12. The Bertz CT molecular complexity index is 406. The fourth-order valence-corrected chi connectivity index (χ4v) is 1.90. The first-order chi connectivity index (χ1) is 9.02. The van der Waals surface area contributed by atoms with Gasteiger partial charge in [0.1, 0.15) is 29.8 Å². The van der Waals surface area contributed by atoms with E-state index in [9.17, 15) is 15.3 Å². The maximum atomic E-state index is 9.80. The third kappa shape index (κ3) is 2.98. The van der Waals surface area contributed by atoms with Gasteiger partial charge in [-0.05, 0) is 31.2 Å². The van der Waals surface area contributed by atoms with E-state index in [1.165, 1.54) is 0 Å². The van der Waals surface area contributed by atoms with Crippen molar-refractivity contribution in [2.24, 2.45) is 0 Å². The summed E-state index contributed by atoms with van der Waals surface area (Å²) in [4.78, 5) is 0. The van der Waals surface area contributed by atoms with Crippen molar-refractivity contribution in [2.45, 2.75) is 37.6 Å². The van der Waals surface area contributed by atoms with Crippen LogP contribution in [-0.2, 0) is 4.74 Å². The second-order valence-electron chi connectivity index (χ2n) is 4.47. The predicted octanol–water partition coefficient (Wildman–Crippen LogP) is -0.0985. The van der Waals surface area contributed by atoms with Crippen molar-refractivity contribution in [1.82, 2.24) is 0 Å². The molecule has 106 valence electrons. The molecule has 0 aromatic heterocycles. The van der Waals surface area contributed by atoms with Gasteiger partial charge in [0.2, 0.25) is 6.29 Å². The van der Waals surface area contributed by atoms with Crippen molar-refractivity contribution in [2.75, 3.05) is 7.11 Å². The molecule has 19 heavy (non-hydrogen) atoms. The molecule has 0 amide bonds. The van der Waals surface area contributed by atoms with Crippen LogP contribution < -0.4 is 9.47 Å². The highest BCUT2D eigenvalue weighted by atomic mass is 16.7. The van der Waals surface area contributed by atoms with E-state index in [1.54, 1.807) is 38.3 Å². The standard InChI is InChI=1S/C13H18O6/c1-7-10(14)11(15)12(16)13(18-7)19-9-5-3-8(17-2)4-6-9/h3-7,10-16H,1-2H3/t7-,10-,11+,12+,13-/m1/s1. The fourth-order valence-electron chi connectivity index (χ4n) is 1.90. The highest BCUT2D eigenvalue weighted by molar-refractivity contribution is 5.31. The number of rotatable bonds is 3. The van der Waals surface area contributed by atoms with Gasteiger partial charge >= 0.3 is 0 Å². The summed E-state index contributed by atoms with van der Waals surface area (Å²) in [5, 5.41) is 29.0. The maximum absolute atomic E-state index is 9.80. The van der Waals surface area contributed by atoms with Crippen LogP contribution >= 0.6 is 0 Å². The molecule has 0 bridgehead atoms. The van der Waals surface area contributed by atoms with Crippen LogP contribution in [0.3, 0.4) is 0 Å². The molecule has 2 rings (SSSR count). The molecule has 0 radical (unpaired) electrons. The zero-order chi connectivity index (χ0) is 14.0. The average molecular weight is 270 g/mol. The molecule has 0 saturated carbocycles. The Morgan fingerprint density at radius 2 is 1.53 bits per heavy atom. The van der Waals surface area contributed by atoms with Gasteiger partial charge in [-0.1, -0.05) is 0 Å². The first kappa shape index (κ1) is 14.1. The van der Waals surface area contributed by atoms with Gasteiger partial charge in [-0.2, -0.15) is 0 Å². The molecule has 6 heteroatoms. The summed E-state index contributed by atoms with van der Waals surface area (Å²) in [6.07, 6.45) is -5.39. The number of hydrogen-bond donors (Lipinski definition) is 3. The van der Waals surface area contributed by atoms with Crippen LogP contribution in [-0.4, -0.2) is 53.1 Å². The fraction of sp³-hybridized carbons (Fsp3) is 0.538. The topological polar surface area (TPSA) is 88.4 Å². The van der Waals surface area contributed by atoms with Crippen molar-refractivity contribution in [3.63, 3.8) is 0 Å². The Morgan fingerprint density at radius 3 is 2.11 bits per heavy atom. The number of benzene rings is 1. The SMILES string of the molecule is COc1ccc(O[C@H]2O[C@H](C)[C@@H](O)[C@H](O)[C@@H]2O)cc1. The minimum atomic E-state index is -1.31. The summed E-state index contributed by atoms with van der Waals surface area (Å²) in [7, 11) is 1.56. The van der Waals surface area contributed by atoms with E-state index in [-0.39, 0.29) is 0 Å². The molecule has 1 heterocycles. The van der Waals surface area contributed by atoms with Crippen LogP contribution in [0.15, 0.2) is 24.3 Å². The maximum Gasteiger partial charge on any atom is 0.229 e. The molecule has 1 aromatic carbocycles. The second kappa shape index (κ2) is 5.75. The summed E-state index contributed by atoms with van der Waals surface area (Å²) in [5.74, 6) is 1.15. The van der Waals surface area contributed by atoms with Crippen LogP contribution in [0.25, 0.3) is 0 Å². The lowest BCUT2D eigenvalue weighted by Crippen LogP contribution is -2.58. The summed E-state index contributed by atoms with van der Waals surface area (Å²) in [6.45, 7) is 1.60. The average Bonchev–Trinajstić information content (AvgIpc) is 2.43. The molecule has 1 saturated heterocycles. The summed E-state index contributed by atoms with van der Waals surface area (Å²) >= 11 is 0. The first-order valence-corrected chi connectivity index (χ1v) is 6.03. The van der Waals surface area contributed by atoms with Gasteiger partial charge in [0.15, 0.2) is 0 Å². The summed E-state index contributed by atoms with van der Waals surface area (Å²) in [6, 6.07) is 6.74. The Kier molecular flexibility index (Phi) is 4.26. The lowest BCUT2D eigenvalue weighted by Gasteiger charge is -2.38. The van der Waals surface area contributed by atoms with Crippen molar-refractivity contribution >= 4 is 0 Å². The zero-order valence-electron chi connectivity index (χ0n) is 10.8. The van der Waals surface area contributed by atoms with Crippen LogP contribution in [0.1, 0.15) is 6.92 Å². The van der Waals surface area contributed by atoms with E-state index >= 15 is 0 Å². The van der Waals surface area contributed by atoms with Crippen molar-refractivity contribution in [1.29, 1.82) is 0 Å². The van der Waals surface area contributed by atoms with Crippen LogP contribution in [0.4, 0.5) is 0 Å². The number of methoxy groups -OCH3 is 1. The van der Waals surface area contributed by atoms with Gasteiger partial charge in [0.05, 0.1) is 13.2 Å². The largest absolute Gasteiger partial charge is 0.497 e. The molecule has 3 N–H and O–H groups in total. The van der Waals surface area contributed by atoms with Gasteiger partial charge < -0.3 is 29.5 Å². The quantitative estimate of drug-likeness (QED) is 0.711. The van der Waals surface area contributed by atoms with E-state index in [1.807, 2.05) is 0 Å². The monoisotopic (exact) mass is 270 g/mol. The Morgan fingerprint density at radius 1 is 0.947 bits per heavy atom. The van der Waals surface area contributed by atoms with Crippen molar-refractivity contribution in [3.8, 4) is 11.5 Å². The van der Waals surface area contributed by atoms with Gasteiger partial charge in [0, 0.05) is 0 Å². The number of ether oxygens (including phenoxy) is 3. The lowest BCUT2D eigenvalue weighted by molar-refractivity contribution is -0.268. The summed E-state index contributed by atoms with van der Waals surface area (Å²) < 4.78 is 15.8. The minimum absolute atomic E-state index is 0.473. The minimum Gasteiger partial charge on any atom is -0.497 e. The molecule has 0 spiro atoms. The Labute approximate surface area is 111 Å². The van der Waals surface area contributed by atoms with Gasteiger partial charge in [-0.3, -0.25) is 0 Å². The molecule has 5 atom stereocenters. The van der Waals surface area contributed by atoms with E-state index in [4.69, 9.17) is 14.2 Å². The van der Waals surface area contributed by atoms with Crippen LogP contribution in [0.2, 0.25) is 0 Å². The van der Waals surface area contributed by atoms with E-state index in [2.05, 4.69) is 0 Å². The van der Waals surface area contributed by atoms with Gasteiger partial charge in [-0.25, -0.2) is 0 Å². The van der Waals surface area contributed by atoms with Crippen molar-refractivity contribution < 1.29 is 29.5 Å². The van der Waals surface area contributed by atoms with Gasteiger partial charge in [-0.15, -0.1) is 0 Å². The lowest BCUT2D eigenvalue weighted by atomic mass is 10.00. The molecule has 1 aliphatic heterocycles.